The van der Waals surface area contributed by atoms with Crippen LogP contribution in [0.4, 0.5) is 5.69 Å². The number of aromatic nitrogens is 1. The Morgan fingerprint density at radius 3 is 2.55 bits per heavy atom. The van der Waals surface area contributed by atoms with E-state index in [2.05, 4.69) is 4.98 Å². The van der Waals surface area contributed by atoms with Crippen LogP contribution in [0.2, 0.25) is 0 Å². The van der Waals surface area contributed by atoms with Gasteiger partial charge in [0, 0.05) is 11.6 Å². The molecule has 0 aliphatic heterocycles. The standard InChI is InChI=1S/C20H16N2O6S/c1-11-19(29-20(21-11)13-4-6-14(23)7-5-13)16(24)8-3-12-9-15(22(26)27)18(25)17(10-12)28-2/h3-10,23,25H,1-2H3/b8-3+. The van der Waals surface area contributed by atoms with Gasteiger partial charge in [-0.3, -0.25) is 14.9 Å². The molecule has 0 bridgehead atoms. The Bertz CT molecular complexity index is 1120. The first kappa shape index (κ1) is 20.0. The number of carbonyl (C=O) groups excluding carboxylic acids is 1. The van der Waals surface area contributed by atoms with Gasteiger partial charge in [0.2, 0.25) is 5.75 Å². The molecule has 0 radical (unpaired) electrons. The van der Waals surface area contributed by atoms with Gasteiger partial charge in [0.15, 0.2) is 11.5 Å². The molecule has 8 nitrogen and oxygen atoms in total. The average molecular weight is 412 g/mol. The first-order valence-electron chi connectivity index (χ1n) is 8.34. The van der Waals surface area contributed by atoms with E-state index in [0.717, 1.165) is 11.6 Å². The summed E-state index contributed by atoms with van der Waals surface area (Å²) in [7, 11) is 1.28. The van der Waals surface area contributed by atoms with E-state index in [1.54, 1.807) is 31.2 Å². The molecule has 0 aliphatic carbocycles. The molecule has 9 heteroatoms. The van der Waals surface area contributed by atoms with Gasteiger partial charge in [0.25, 0.3) is 0 Å². The van der Waals surface area contributed by atoms with Crippen molar-refractivity contribution in [3.63, 3.8) is 0 Å². The van der Waals surface area contributed by atoms with Crippen LogP contribution in [0, 0.1) is 17.0 Å². The lowest BCUT2D eigenvalue weighted by Crippen LogP contribution is -1.95. The molecule has 1 aromatic heterocycles. The number of allylic oxidation sites excluding steroid dienone is 1. The van der Waals surface area contributed by atoms with Crippen LogP contribution in [-0.2, 0) is 0 Å². The smallest absolute Gasteiger partial charge is 0.315 e. The molecule has 3 aromatic rings. The number of methoxy groups -OCH3 is 1. The maximum absolute atomic E-state index is 12.6. The monoisotopic (exact) mass is 412 g/mol. The first-order chi connectivity index (χ1) is 13.8. The van der Waals surface area contributed by atoms with Gasteiger partial charge in [-0.15, -0.1) is 11.3 Å². The third-order valence-electron chi connectivity index (χ3n) is 4.06. The third-order valence-corrected chi connectivity index (χ3v) is 5.28. The van der Waals surface area contributed by atoms with Crippen molar-refractivity contribution in [1.82, 2.24) is 4.98 Å². The number of phenols is 2. The fourth-order valence-corrected chi connectivity index (χ4v) is 3.60. The molecule has 0 saturated carbocycles. The SMILES string of the molecule is COc1cc(/C=C/C(=O)c2sc(-c3ccc(O)cc3)nc2C)cc([N+](=O)[O-])c1O. The zero-order chi connectivity index (χ0) is 21.1. The van der Waals surface area contributed by atoms with Gasteiger partial charge >= 0.3 is 5.69 Å². The largest absolute Gasteiger partial charge is 0.508 e. The van der Waals surface area contributed by atoms with Crippen molar-refractivity contribution in [2.45, 2.75) is 6.92 Å². The van der Waals surface area contributed by atoms with E-state index in [1.165, 1.54) is 36.7 Å². The van der Waals surface area contributed by atoms with Gasteiger partial charge in [-0.25, -0.2) is 4.98 Å². The number of nitro benzene ring substituents is 1. The normalized spacial score (nSPS) is 11.0. The molecule has 0 fully saturated rings. The minimum absolute atomic E-state index is 0.0603. The Morgan fingerprint density at radius 1 is 1.24 bits per heavy atom. The summed E-state index contributed by atoms with van der Waals surface area (Å²) in [5.74, 6) is -0.799. The summed E-state index contributed by atoms with van der Waals surface area (Å²) in [6.45, 7) is 1.72. The lowest BCUT2D eigenvalue weighted by molar-refractivity contribution is -0.386. The Kier molecular flexibility index (Phi) is 5.60. The number of hydrogen-bond acceptors (Lipinski definition) is 8. The summed E-state index contributed by atoms with van der Waals surface area (Å²) < 4.78 is 4.95. The van der Waals surface area contributed by atoms with Crippen molar-refractivity contribution in [2.24, 2.45) is 0 Å². The zero-order valence-electron chi connectivity index (χ0n) is 15.4. The van der Waals surface area contributed by atoms with E-state index < -0.39 is 16.4 Å². The Morgan fingerprint density at radius 2 is 1.93 bits per heavy atom. The van der Waals surface area contributed by atoms with Crippen molar-refractivity contribution in [3.8, 4) is 27.8 Å². The summed E-state index contributed by atoms with van der Waals surface area (Å²) in [6.07, 6.45) is 2.70. The van der Waals surface area contributed by atoms with E-state index in [-0.39, 0.29) is 17.3 Å². The third kappa shape index (κ3) is 4.25. The van der Waals surface area contributed by atoms with Crippen LogP contribution in [0.1, 0.15) is 20.9 Å². The molecule has 0 unspecified atom stereocenters. The molecule has 29 heavy (non-hydrogen) atoms. The van der Waals surface area contributed by atoms with E-state index in [9.17, 15) is 25.1 Å². The van der Waals surface area contributed by atoms with Gasteiger partial charge < -0.3 is 14.9 Å². The summed E-state index contributed by atoms with van der Waals surface area (Å²) in [5.41, 5.74) is 1.15. The Hall–Kier alpha value is -3.72. The molecule has 2 aromatic carbocycles. The number of carbonyl (C=O) groups is 1. The minimum Gasteiger partial charge on any atom is -0.508 e. The average Bonchev–Trinajstić information content (AvgIpc) is 3.08. The molecule has 0 spiro atoms. The summed E-state index contributed by atoms with van der Waals surface area (Å²) in [4.78, 5) is 27.8. The van der Waals surface area contributed by atoms with E-state index in [4.69, 9.17) is 4.74 Å². The number of nitro groups is 1. The van der Waals surface area contributed by atoms with Gasteiger partial charge in [-0.1, -0.05) is 6.08 Å². The van der Waals surface area contributed by atoms with Crippen molar-refractivity contribution >= 4 is 28.9 Å². The van der Waals surface area contributed by atoms with Crippen molar-refractivity contribution in [1.29, 1.82) is 0 Å². The lowest BCUT2D eigenvalue weighted by atomic mass is 10.1. The number of nitrogens with zero attached hydrogens (tertiary/aromatic N) is 2. The van der Waals surface area contributed by atoms with Gasteiger partial charge in [-0.2, -0.15) is 0 Å². The highest BCUT2D eigenvalue weighted by Gasteiger charge is 2.19. The predicted molar refractivity (Wildman–Crippen MR) is 109 cm³/mol. The highest BCUT2D eigenvalue weighted by molar-refractivity contribution is 7.17. The van der Waals surface area contributed by atoms with Crippen LogP contribution < -0.4 is 4.74 Å². The molecule has 2 N–H and O–H groups in total. The van der Waals surface area contributed by atoms with E-state index in [0.29, 0.717) is 21.1 Å². The number of ether oxygens (including phenoxy) is 1. The fourth-order valence-electron chi connectivity index (χ4n) is 2.60. The van der Waals surface area contributed by atoms with Gasteiger partial charge in [0.1, 0.15) is 10.8 Å². The Balaban J connectivity index is 1.89. The summed E-state index contributed by atoms with van der Waals surface area (Å²) in [5, 5.41) is 30.9. The number of ketones is 1. The van der Waals surface area contributed by atoms with Crippen molar-refractivity contribution < 1.29 is 24.7 Å². The number of phenolic OH excluding ortho intramolecular Hbond substituents is 2. The fraction of sp³-hybridized carbons (Fsp3) is 0.100. The van der Waals surface area contributed by atoms with Gasteiger partial charge in [-0.05, 0) is 48.9 Å². The lowest BCUT2D eigenvalue weighted by Gasteiger charge is -2.05. The number of rotatable bonds is 6. The summed E-state index contributed by atoms with van der Waals surface area (Å²) in [6, 6.07) is 9.05. The van der Waals surface area contributed by atoms with Gasteiger partial charge in [0.05, 0.1) is 22.6 Å². The van der Waals surface area contributed by atoms with E-state index in [1.807, 2.05) is 0 Å². The number of benzene rings is 2. The molecular formula is C20H16N2O6S. The van der Waals surface area contributed by atoms with Crippen LogP contribution in [0.25, 0.3) is 16.6 Å². The second-order valence-corrected chi connectivity index (χ2v) is 7.03. The van der Waals surface area contributed by atoms with Crippen LogP contribution in [0.15, 0.2) is 42.5 Å². The maximum Gasteiger partial charge on any atom is 0.315 e. The highest BCUT2D eigenvalue weighted by atomic mass is 32.1. The second kappa shape index (κ2) is 8.11. The highest BCUT2D eigenvalue weighted by Crippen LogP contribution is 2.37. The van der Waals surface area contributed by atoms with Crippen LogP contribution >= 0.6 is 11.3 Å². The molecule has 3 rings (SSSR count). The molecular weight excluding hydrogens is 396 g/mol. The van der Waals surface area contributed by atoms with Crippen molar-refractivity contribution in [2.75, 3.05) is 7.11 Å². The first-order valence-corrected chi connectivity index (χ1v) is 9.16. The molecule has 0 atom stereocenters. The van der Waals surface area contributed by atoms with E-state index >= 15 is 0 Å². The number of thiazole rings is 1. The van der Waals surface area contributed by atoms with Crippen LogP contribution in [0.5, 0.6) is 17.2 Å². The molecule has 148 valence electrons. The molecule has 0 aliphatic rings. The number of aromatic hydroxyl groups is 2. The number of hydrogen-bond donors (Lipinski definition) is 2. The topological polar surface area (TPSA) is 123 Å². The molecule has 0 amide bonds. The van der Waals surface area contributed by atoms with Crippen molar-refractivity contribution in [3.05, 3.63) is 68.7 Å². The molecule has 0 saturated heterocycles. The minimum atomic E-state index is -0.728. The number of aryl methyl sites for hydroxylation is 1. The maximum atomic E-state index is 12.6. The van der Waals surface area contributed by atoms with Crippen LogP contribution in [0.3, 0.4) is 0 Å². The predicted octanol–water partition coefficient (Wildman–Crippen LogP) is 4.34. The summed E-state index contributed by atoms with van der Waals surface area (Å²) >= 11 is 1.21. The Labute approximate surface area is 169 Å². The molecule has 1 heterocycles. The second-order valence-electron chi connectivity index (χ2n) is 6.03. The van der Waals surface area contributed by atoms with Crippen LogP contribution in [-0.4, -0.2) is 33.0 Å². The quantitative estimate of drug-likeness (QED) is 0.267. The zero-order valence-corrected chi connectivity index (χ0v) is 16.3.